The van der Waals surface area contributed by atoms with Crippen molar-refractivity contribution in [2.24, 2.45) is 11.5 Å². The van der Waals surface area contributed by atoms with Crippen molar-refractivity contribution in [1.29, 1.82) is 0 Å². The molecule has 0 rings (SSSR count). The number of rotatable bonds is 41. The highest BCUT2D eigenvalue weighted by Gasteiger charge is 2.20. The van der Waals surface area contributed by atoms with E-state index in [-0.39, 0.29) is 0 Å². The standard InChI is InChI=1S/C36H75O4P.C6H14N2O2/c1-3-5-7-9-11-13-15-17-19-21-23-25-27-29-31-33-35-39-41(37,38)40-36-34-32-30-28-26-24-22-20-18-16-14-12-10-8-6-4-2;7-4-2-1-3-5(8)6(9)10/h3-36H2,1-2H3,(H,37,38);5H,1-4,7-8H2,(H,9,10)/t;5-/m.0/s1. The summed E-state index contributed by atoms with van der Waals surface area (Å²) in [6, 6.07) is -0.716. The molecule has 308 valence electrons. The summed E-state index contributed by atoms with van der Waals surface area (Å²) in [6.07, 6.45) is 44.4. The Morgan fingerprint density at radius 2 is 0.745 bits per heavy atom. The third kappa shape index (κ3) is 47.5. The molecule has 0 heterocycles. The molecule has 0 bridgehead atoms. The predicted octanol–water partition coefficient (Wildman–Crippen LogP) is 13.2. The zero-order valence-electron chi connectivity index (χ0n) is 34.1. The minimum absolute atomic E-state index is 0.325. The molecular weight excluding hydrogens is 659 g/mol. The highest BCUT2D eigenvalue weighted by atomic mass is 31.2. The van der Waals surface area contributed by atoms with Gasteiger partial charge in [0.25, 0.3) is 0 Å². The van der Waals surface area contributed by atoms with Gasteiger partial charge in [-0.25, -0.2) is 4.57 Å². The van der Waals surface area contributed by atoms with Gasteiger partial charge in [0.2, 0.25) is 0 Å². The topological polar surface area (TPSA) is 145 Å². The minimum Gasteiger partial charge on any atom is -0.480 e. The number of phosphoric ester groups is 1. The lowest BCUT2D eigenvalue weighted by Gasteiger charge is -2.12. The van der Waals surface area contributed by atoms with Gasteiger partial charge < -0.3 is 21.5 Å². The molecule has 0 fully saturated rings. The van der Waals surface area contributed by atoms with E-state index in [0.717, 1.165) is 38.5 Å². The number of hydrogen-bond acceptors (Lipinski definition) is 6. The first-order valence-corrected chi connectivity index (χ1v) is 23.6. The van der Waals surface area contributed by atoms with Crippen LogP contribution in [0.2, 0.25) is 0 Å². The average Bonchev–Trinajstić information content (AvgIpc) is 3.11. The van der Waals surface area contributed by atoms with Gasteiger partial charge in [0.05, 0.1) is 13.2 Å². The van der Waals surface area contributed by atoms with E-state index in [0.29, 0.717) is 26.2 Å². The molecule has 0 aromatic rings. The Hall–Kier alpha value is -0.500. The maximum atomic E-state index is 12.0. The monoisotopic (exact) mass is 749 g/mol. The van der Waals surface area contributed by atoms with Gasteiger partial charge in [-0.1, -0.05) is 213 Å². The van der Waals surface area contributed by atoms with Crippen molar-refractivity contribution < 1.29 is 28.4 Å². The molecule has 0 spiro atoms. The molecule has 0 saturated carbocycles. The van der Waals surface area contributed by atoms with Gasteiger partial charge in [-0.05, 0) is 32.2 Å². The third-order valence-electron chi connectivity index (χ3n) is 9.79. The number of carboxylic acid groups (broad SMARTS) is 1. The second-order valence-corrected chi connectivity index (χ2v) is 16.4. The van der Waals surface area contributed by atoms with Gasteiger partial charge in [0.1, 0.15) is 6.04 Å². The van der Waals surface area contributed by atoms with Crippen LogP contribution in [0.15, 0.2) is 0 Å². The highest BCUT2D eigenvalue weighted by molar-refractivity contribution is 7.47. The van der Waals surface area contributed by atoms with Crippen LogP contribution in [0.3, 0.4) is 0 Å². The van der Waals surface area contributed by atoms with E-state index in [1.807, 2.05) is 0 Å². The maximum Gasteiger partial charge on any atom is 0.472 e. The van der Waals surface area contributed by atoms with Crippen molar-refractivity contribution in [3.05, 3.63) is 0 Å². The van der Waals surface area contributed by atoms with Crippen LogP contribution in [0, 0.1) is 0 Å². The Balaban J connectivity index is 0. The Morgan fingerprint density at radius 1 is 0.490 bits per heavy atom. The van der Waals surface area contributed by atoms with Crippen LogP contribution in [-0.4, -0.2) is 41.8 Å². The first-order chi connectivity index (χ1) is 24.8. The Bertz CT molecular complexity index is 687. The smallest absolute Gasteiger partial charge is 0.472 e. The normalized spacial score (nSPS) is 12.2. The van der Waals surface area contributed by atoms with Crippen molar-refractivity contribution in [3.8, 4) is 0 Å². The predicted molar refractivity (Wildman–Crippen MR) is 219 cm³/mol. The molecule has 6 N–H and O–H groups in total. The van der Waals surface area contributed by atoms with Crippen LogP contribution in [0.25, 0.3) is 0 Å². The number of carboxylic acids is 1. The van der Waals surface area contributed by atoms with Crippen molar-refractivity contribution in [1.82, 2.24) is 0 Å². The molecule has 9 heteroatoms. The maximum absolute atomic E-state index is 12.0. The Morgan fingerprint density at radius 3 is 0.980 bits per heavy atom. The summed E-state index contributed by atoms with van der Waals surface area (Å²) in [5.41, 5.74) is 10.4. The zero-order chi connectivity index (χ0) is 37.9. The van der Waals surface area contributed by atoms with Crippen LogP contribution in [0.1, 0.15) is 239 Å². The number of hydrogen-bond donors (Lipinski definition) is 4. The second-order valence-electron chi connectivity index (χ2n) is 15.0. The number of unbranched alkanes of at least 4 members (excludes halogenated alkanes) is 31. The molecule has 0 saturated heterocycles. The first-order valence-electron chi connectivity index (χ1n) is 22.1. The largest absolute Gasteiger partial charge is 0.480 e. The molecule has 0 aromatic heterocycles. The van der Waals surface area contributed by atoms with Crippen LogP contribution in [-0.2, 0) is 18.4 Å². The molecule has 0 aliphatic carbocycles. The van der Waals surface area contributed by atoms with Crippen molar-refractivity contribution in [2.45, 2.75) is 245 Å². The van der Waals surface area contributed by atoms with Gasteiger partial charge >= 0.3 is 13.8 Å². The SMILES string of the molecule is CCCCCCCCCCCCCCCCCCOP(=O)(O)OCCCCCCCCCCCCCCCCCC.NCCCC[C@H](N)C(=O)O. The third-order valence-corrected chi connectivity index (χ3v) is 10.8. The molecule has 0 aliphatic heterocycles. The molecule has 0 unspecified atom stereocenters. The fourth-order valence-corrected chi connectivity index (χ4v) is 7.12. The lowest BCUT2D eigenvalue weighted by Crippen LogP contribution is -2.29. The molecule has 1 atom stereocenters. The zero-order valence-corrected chi connectivity index (χ0v) is 35.0. The van der Waals surface area contributed by atoms with E-state index in [1.165, 1.54) is 180 Å². The summed E-state index contributed by atoms with van der Waals surface area (Å²) in [4.78, 5) is 20.0. The van der Waals surface area contributed by atoms with Crippen molar-refractivity contribution in [2.75, 3.05) is 19.8 Å². The molecule has 8 nitrogen and oxygen atoms in total. The van der Waals surface area contributed by atoms with E-state index >= 15 is 0 Å². The quantitative estimate of drug-likeness (QED) is 0.0357. The van der Waals surface area contributed by atoms with Gasteiger partial charge in [-0.2, -0.15) is 0 Å². The molecule has 51 heavy (non-hydrogen) atoms. The first kappa shape index (κ1) is 52.6. The molecule has 0 radical (unpaired) electrons. The molecule has 0 aromatic carbocycles. The summed E-state index contributed by atoms with van der Waals surface area (Å²) < 4.78 is 22.4. The van der Waals surface area contributed by atoms with E-state index in [1.54, 1.807) is 0 Å². The van der Waals surface area contributed by atoms with Gasteiger partial charge in [-0.3, -0.25) is 13.8 Å². The summed E-state index contributed by atoms with van der Waals surface area (Å²) >= 11 is 0. The number of phosphoric acid groups is 1. The molecular formula is C42H89N2O6P. The summed E-state index contributed by atoms with van der Waals surface area (Å²) in [5.74, 6) is -0.933. The summed E-state index contributed by atoms with van der Waals surface area (Å²) in [6.45, 7) is 5.81. The fraction of sp³-hybridized carbons (Fsp3) is 0.976. The van der Waals surface area contributed by atoms with E-state index in [9.17, 15) is 14.3 Å². The summed E-state index contributed by atoms with van der Waals surface area (Å²) in [7, 11) is -3.87. The van der Waals surface area contributed by atoms with Crippen molar-refractivity contribution >= 4 is 13.8 Å². The number of carbonyl (C=O) groups is 1. The van der Waals surface area contributed by atoms with Gasteiger partial charge in [0, 0.05) is 0 Å². The van der Waals surface area contributed by atoms with Gasteiger partial charge in [0.15, 0.2) is 0 Å². The number of aliphatic carboxylic acids is 1. The van der Waals surface area contributed by atoms with E-state index < -0.39 is 19.8 Å². The van der Waals surface area contributed by atoms with Crippen molar-refractivity contribution in [3.63, 3.8) is 0 Å². The Kier molecular flexibility index (Phi) is 45.3. The van der Waals surface area contributed by atoms with E-state index in [2.05, 4.69) is 13.8 Å². The summed E-state index contributed by atoms with van der Waals surface area (Å²) in [5, 5.41) is 8.33. The Labute approximate surface area is 317 Å². The molecule has 0 aliphatic rings. The van der Waals surface area contributed by atoms with Gasteiger partial charge in [-0.15, -0.1) is 0 Å². The van der Waals surface area contributed by atoms with Crippen LogP contribution < -0.4 is 11.5 Å². The minimum atomic E-state index is -3.87. The van der Waals surface area contributed by atoms with Crippen LogP contribution in [0.5, 0.6) is 0 Å². The van der Waals surface area contributed by atoms with Crippen LogP contribution in [0.4, 0.5) is 0 Å². The highest BCUT2D eigenvalue weighted by Crippen LogP contribution is 2.43. The van der Waals surface area contributed by atoms with Crippen LogP contribution >= 0.6 is 7.82 Å². The molecule has 0 amide bonds. The van der Waals surface area contributed by atoms with E-state index in [4.69, 9.17) is 25.6 Å². The lowest BCUT2D eigenvalue weighted by atomic mass is 10.0. The number of nitrogens with two attached hydrogens (primary N) is 2. The second kappa shape index (κ2) is 43.9. The lowest BCUT2D eigenvalue weighted by molar-refractivity contribution is -0.138. The average molecular weight is 749 g/mol. The fourth-order valence-electron chi connectivity index (χ4n) is 6.33.